The molecule has 2 aromatic rings. The smallest absolute Gasteiger partial charge is 0.205 e. The van der Waals surface area contributed by atoms with E-state index in [0.717, 1.165) is 0 Å². The van der Waals surface area contributed by atoms with E-state index in [1.165, 1.54) is 6.07 Å². The molecule has 0 saturated heterocycles. The zero-order chi connectivity index (χ0) is 12.4. The number of halogens is 4. The quantitative estimate of drug-likeness (QED) is 0.666. The zero-order valence-electron chi connectivity index (χ0n) is 8.63. The van der Waals surface area contributed by atoms with Crippen LogP contribution in [0.15, 0.2) is 46.9 Å². The van der Waals surface area contributed by atoms with Gasteiger partial charge in [0.25, 0.3) is 6.43 Å². The Hall–Kier alpha value is -0.930. The molecule has 2 rings (SSSR count). The highest BCUT2D eigenvalue weighted by Gasteiger charge is 2.16. The maximum absolute atomic E-state index is 13.0. The molecule has 0 fully saturated rings. The highest BCUT2D eigenvalue weighted by molar-refractivity contribution is 9.10. The maximum atomic E-state index is 13.0. The van der Waals surface area contributed by atoms with Crippen LogP contribution < -0.4 is 0 Å². The molecule has 0 aliphatic heterocycles. The summed E-state index contributed by atoms with van der Waals surface area (Å²) >= 11 is 9.21. The van der Waals surface area contributed by atoms with Crippen molar-refractivity contribution in [2.45, 2.75) is 6.43 Å². The largest absolute Gasteiger partial charge is 0.264 e. The lowest BCUT2D eigenvalue weighted by Crippen LogP contribution is -1.91. The van der Waals surface area contributed by atoms with Crippen molar-refractivity contribution in [3.63, 3.8) is 0 Å². The predicted molar refractivity (Wildman–Crippen MR) is 69.5 cm³/mol. The normalized spacial score (nSPS) is 10.9. The first-order valence-electron chi connectivity index (χ1n) is 4.92. The van der Waals surface area contributed by atoms with Crippen molar-refractivity contribution in [2.24, 2.45) is 0 Å². The molecular formula is C13H8BrClF2. The fourth-order valence-corrected chi connectivity index (χ4v) is 2.26. The monoisotopic (exact) mass is 316 g/mol. The molecule has 17 heavy (non-hydrogen) atoms. The van der Waals surface area contributed by atoms with Crippen LogP contribution in [0.5, 0.6) is 0 Å². The Morgan fingerprint density at radius 2 is 1.71 bits per heavy atom. The number of alkyl halides is 2. The van der Waals surface area contributed by atoms with Gasteiger partial charge in [0.15, 0.2) is 0 Å². The summed E-state index contributed by atoms with van der Waals surface area (Å²) in [4.78, 5) is 0. The van der Waals surface area contributed by atoms with Gasteiger partial charge in [-0.15, -0.1) is 0 Å². The molecule has 0 aliphatic carbocycles. The maximum Gasteiger partial charge on any atom is 0.264 e. The summed E-state index contributed by atoms with van der Waals surface area (Å²) in [5, 5.41) is 0.469. The minimum Gasteiger partial charge on any atom is -0.205 e. The molecule has 0 aromatic heterocycles. The third-order valence-electron chi connectivity index (χ3n) is 2.41. The molecule has 0 saturated carbocycles. The first-order valence-corrected chi connectivity index (χ1v) is 6.09. The topological polar surface area (TPSA) is 0 Å². The van der Waals surface area contributed by atoms with Crippen LogP contribution in [0.4, 0.5) is 8.78 Å². The van der Waals surface area contributed by atoms with E-state index >= 15 is 0 Å². The van der Waals surface area contributed by atoms with Crippen LogP contribution in [0.2, 0.25) is 5.02 Å². The van der Waals surface area contributed by atoms with Crippen molar-refractivity contribution in [1.29, 1.82) is 0 Å². The average molecular weight is 318 g/mol. The third kappa shape index (κ3) is 2.67. The molecule has 0 bridgehead atoms. The van der Waals surface area contributed by atoms with Gasteiger partial charge in [0.1, 0.15) is 0 Å². The Morgan fingerprint density at radius 3 is 2.35 bits per heavy atom. The van der Waals surface area contributed by atoms with Gasteiger partial charge in [0.2, 0.25) is 0 Å². The Bertz CT molecular complexity index is 541. The Balaban J connectivity index is 2.63. The molecule has 2 aromatic carbocycles. The summed E-state index contributed by atoms with van der Waals surface area (Å²) in [5.41, 5.74) is 1.07. The van der Waals surface area contributed by atoms with E-state index in [0.29, 0.717) is 20.6 Å². The summed E-state index contributed by atoms with van der Waals surface area (Å²) in [7, 11) is 0. The molecule has 0 aliphatic rings. The van der Waals surface area contributed by atoms with E-state index < -0.39 is 6.43 Å². The summed E-state index contributed by atoms with van der Waals surface area (Å²) in [6, 6.07) is 11.8. The summed E-state index contributed by atoms with van der Waals surface area (Å²) in [6.45, 7) is 0. The summed E-state index contributed by atoms with van der Waals surface area (Å²) in [5.74, 6) is 0. The van der Waals surface area contributed by atoms with Gasteiger partial charge in [-0.1, -0.05) is 51.8 Å². The second kappa shape index (κ2) is 5.15. The Labute approximate surface area is 111 Å². The molecule has 0 amide bonds. The molecule has 0 nitrogen and oxygen atoms in total. The van der Waals surface area contributed by atoms with Crippen LogP contribution in [-0.4, -0.2) is 0 Å². The van der Waals surface area contributed by atoms with Crippen molar-refractivity contribution in [3.05, 3.63) is 57.5 Å². The van der Waals surface area contributed by atoms with E-state index in [-0.39, 0.29) is 5.56 Å². The van der Waals surface area contributed by atoms with Gasteiger partial charge < -0.3 is 0 Å². The SMILES string of the molecule is FC(F)c1cc(Br)ccc1-c1ccccc1Cl. The molecule has 0 atom stereocenters. The molecule has 0 spiro atoms. The van der Waals surface area contributed by atoms with Crippen molar-refractivity contribution in [1.82, 2.24) is 0 Å². The number of rotatable bonds is 2. The van der Waals surface area contributed by atoms with Crippen LogP contribution >= 0.6 is 27.5 Å². The fraction of sp³-hybridized carbons (Fsp3) is 0.0769. The van der Waals surface area contributed by atoms with Gasteiger partial charge in [-0.3, -0.25) is 0 Å². The van der Waals surface area contributed by atoms with Crippen LogP contribution in [-0.2, 0) is 0 Å². The van der Waals surface area contributed by atoms with E-state index in [4.69, 9.17) is 11.6 Å². The minimum atomic E-state index is -2.53. The van der Waals surface area contributed by atoms with Crippen LogP contribution in [0.25, 0.3) is 11.1 Å². The van der Waals surface area contributed by atoms with Gasteiger partial charge in [-0.25, -0.2) is 8.78 Å². The van der Waals surface area contributed by atoms with E-state index in [1.54, 1.807) is 36.4 Å². The van der Waals surface area contributed by atoms with Gasteiger partial charge >= 0.3 is 0 Å². The van der Waals surface area contributed by atoms with E-state index in [1.807, 2.05) is 0 Å². The lowest BCUT2D eigenvalue weighted by atomic mass is 10.00. The number of hydrogen-bond acceptors (Lipinski definition) is 0. The average Bonchev–Trinajstić information content (AvgIpc) is 2.30. The number of benzene rings is 2. The van der Waals surface area contributed by atoms with Crippen molar-refractivity contribution in [2.75, 3.05) is 0 Å². The molecule has 0 radical (unpaired) electrons. The van der Waals surface area contributed by atoms with Crippen LogP contribution in [0.1, 0.15) is 12.0 Å². The first kappa shape index (κ1) is 12.5. The molecule has 88 valence electrons. The van der Waals surface area contributed by atoms with Crippen molar-refractivity contribution >= 4 is 27.5 Å². The molecule has 0 unspecified atom stereocenters. The summed E-state index contributed by atoms with van der Waals surface area (Å²) < 4.78 is 26.6. The summed E-state index contributed by atoms with van der Waals surface area (Å²) in [6.07, 6.45) is -2.53. The molecular weight excluding hydrogens is 309 g/mol. The van der Waals surface area contributed by atoms with E-state index in [9.17, 15) is 8.78 Å². The second-order valence-electron chi connectivity index (χ2n) is 3.51. The third-order valence-corrected chi connectivity index (χ3v) is 3.24. The minimum absolute atomic E-state index is 0.0209. The second-order valence-corrected chi connectivity index (χ2v) is 4.83. The fourth-order valence-electron chi connectivity index (χ4n) is 1.64. The van der Waals surface area contributed by atoms with Gasteiger partial charge in [-0.2, -0.15) is 0 Å². The van der Waals surface area contributed by atoms with Crippen LogP contribution in [0.3, 0.4) is 0 Å². The first-order chi connectivity index (χ1) is 8.09. The van der Waals surface area contributed by atoms with Gasteiger partial charge in [0, 0.05) is 20.6 Å². The van der Waals surface area contributed by atoms with Gasteiger partial charge in [0.05, 0.1) is 0 Å². The standard InChI is InChI=1S/C13H8BrClF2/c14-8-5-6-9(11(7-8)13(16)17)10-3-1-2-4-12(10)15/h1-7,13H. The molecule has 4 heteroatoms. The van der Waals surface area contributed by atoms with Crippen LogP contribution in [0, 0.1) is 0 Å². The molecule has 0 heterocycles. The van der Waals surface area contributed by atoms with Crippen molar-refractivity contribution in [3.8, 4) is 11.1 Å². The zero-order valence-corrected chi connectivity index (χ0v) is 11.0. The Morgan fingerprint density at radius 1 is 1.00 bits per heavy atom. The molecule has 0 N–H and O–H groups in total. The van der Waals surface area contributed by atoms with Crippen molar-refractivity contribution < 1.29 is 8.78 Å². The highest BCUT2D eigenvalue weighted by atomic mass is 79.9. The highest BCUT2D eigenvalue weighted by Crippen LogP contribution is 2.36. The lowest BCUT2D eigenvalue weighted by Gasteiger charge is -2.11. The van der Waals surface area contributed by atoms with Gasteiger partial charge in [-0.05, 0) is 23.8 Å². The number of hydrogen-bond donors (Lipinski definition) is 0. The Kier molecular flexibility index (Phi) is 3.79. The van der Waals surface area contributed by atoms with E-state index in [2.05, 4.69) is 15.9 Å². The lowest BCUT2D eigenvalue weighted by molar-refractivity contribution is 0.152. The predicted octanol–water partition coefficient (Wildman–Crippen LogP) is 5.71.